The highest BCUT2D eigenvalue weighted by molar-refractivity contribution is 5.73. The van der Waals surface area contributed by atoms with E-state index in [4.69, 9.17) is 9.72 Å². The lowest BCUT2D eigenvalue weighted by molar-refractivity contribution is 0.122. The molecule has 3 aromatic rings. The van der Waals surface area contributed by atoms with Gasteiger partial charge in [-0.1, -0.05) is 0 Å². The Kier molecular flexibility index (Phi) is 5.03. The highest BCUT2D eigenvalue weighted by Gasteiger charge is 2.16. The Morgan fingerprint density at radius 3 is 2.67 bits per heavy atom. The van der Waals surface area contributed by atoms with Gasteiger partial charge in [0.25, 0.3) is 0 Å². The van der Waals surface area contributed by atoms with Crippen molar-refractivity contribution in [3.63, 3.8) is 0 Å². The molecule has 0 radical (unpaired) electrons. The summed E-state index contributed by atoms with van der Waals surface area (Å²) in [5.41, 5.74) is 6.16. The molecule has 0 bridgehead atoms. The Morgan fingerprint density at radius 2 is 1.87 bits per heavy atom. The first kappa shape index (κ1) is 18.6. The van der Waals surface area contributed by atoms with Crippen LogP contribution in [-0.4, -0.2) is 41.3 Å². The van der Waals surface area contributed by atoms with Gasteiger partial charge in [-0.05, 0) is 61.2 Å². The van der Waals surface area contributed by atoms with Crippen LogP contribution in [-0.2, 0) is 11.3 Å². The molecule has 0 atom stereocenters. The quantitative estimate of drug-likeness (QED) is 0.694. The number of ether oxygens (including phenoxy) is 1. The van der Waals surface area contributed by atoms with Crippen molar-refractivity contribution >= 4 is 23.3 Å². The number of morpholine rings is 1. The van der Waals surface area contributed by atoms with Crippen molar-refractivity contribution < 1.29 is 4.74 Å². The molecule has 0 spiro atoms. The van der Waals surface area contributed by atoms with E-state index in [1.165, 1.54) is 5.69 Å². The molecule has 7 nitrogen and oxygen atoms in total. The zero-order valence-electron chi connectivity index (χ0n) is 16.9. The fraction of sp³-hybridized carbons (Fsp3) is 0.261. The molecule has 0 aliphatic carbocycles. The van der Waals surface area contributed by atoms with Crippen LogP contribution in [0.1, 0.15) is 17.0 Å². The average Bonchev–Trinajstić information content (AvgIpc) is 2.80. The van der Waals surface area contributed by atoms with Crippen LogP contribution in [0, 0.1) is 6.92 Å². The fourth-order valence-corrected chi connectivity index (χ4v) is 3.78. The number of anilines is 3. The Hall–Kier alpha value is -3.45. The monoisotopic (exact) mass is 400 g/mol. The molecule has 1 aromatic carbocycles. The van der Waals surface area contributed by atoms with Crippen LogP contribution < -0.4 is 15.5 Å². The van der Waals surface area contributed by atoms with Crippen LogP contribution in [0.15, 0.2) is 48.8 Å². The first-order chi connectivity index (χ1) is 14.8. The Morgan fingerprint density at radius 1 is 1.03 bits per heavy atom. The van der Waals surface area contributed by atoms with E-state index >= 15 is 0 Å². The molecule has 30 heavy (non-hydrogen) atoms. The fourth-order valence-electron chi connectivity index (χ4n) is 3.78. The molecular formula is C23H24N6O. The Balaban J connectivity index is 1.46. The SMILES string of the molecule is Cc1nccc(-c2cc3c(c(Nc4ccc(N5CCOCC5)cc4)n2)CNC=C3)n1. The highest BCUT2D eigenvalue weighted by atomic mass is 16.5. The minimum absolute atomic E-state index is 0.732. The topological polar surface area (TPSA) is 75.2 Å². The Labute approximate surface area is 175 Å². The van der Waals surface area contributed by atoms with Crippen LogP contribution in [0.5, 0.6) is 0 Å². The van der Waals surface area contributed by atoms with Crippen molar-refractivity contribution in [2.75, 3.05) is 36.5 Å². The predicted octanol–water partition coefficient (Wildman–Crippen LogP) is 3.50. The van der Waals surface area contributed by atoms with E-state index in [1.54, 1.807) is 6.20 Å². The van der Waals surface area contributed by atoms with E-state index < -0.39 is 0 Å². The van der Waals surface area contributed by atoms with Crippen molar-refractivity contribution in [3.05, 3.63) is 65.7 Å². The van der Waals surface area contributed by atoms with Crippen molar-refractivity contribution in [1.82, 2.24) is 20.3 Å². The molecule has 1 fully saturated rings. The van der Waals surface area contributed by atoms with Crippen molar-refractivity contribution in [3.8, 4) is 11.4 Å². The lowest BCUT2D eigenvalue weighted by Gasteiger charge is -2.29. The van der Waals surface area contributed by atoms with Gasteiger partial charge in [-0.3, -0.25) is 0 Å². The number of hydrogen-bond acceptors (Lipinski definition) is 7. The normalized spacial score (nSPS) is 15.4. The Bertz CT molecular complexity index is 1070. The van der Waals surface area contributed by atoms with E-state index in [0.717, 1.165) is 72.7 Å². The first-order valence-corrected chi connectivity index (χ1v) is 10.2. The summed E-state index contributed by atoms with van der Waals surface area (Å²) in [6.45, 7) is 6.05. The van der Waals surface area contributed by atoms with Crippen LogP contribution in [0.25, 0.3) is 17.5 Å². The maximum atomic E-state index is 5.45. The standard InChI is InChI=1S/C23H24N6O/c1-16-25-9-7-21(26-16)22-14-17-6-8-24-15-20(17)23(28-22)27-18-2-4-19(5-3-18)29-10-12-30-13-11-29/h2-9,14,24H,10-13,15H2,1H3,(H,27,28). The molecular weight excluding hydrogens is 376 g/mol. The summed E-state index contributed by atoms with van der Waals surface area (Å²) >= 11 is 0. The number of rotatable bonds is 4. The molecule has 1 saturated heterocycles. The minimum atomic E-state index is 0.732. The van der Waals surface area contributed by atoms with E-state index in [-0.39, 0.29) is 0 Å². The molecule has 7 heteroatoms. The minimum Gasteiger partial charge on any atom is -0.387 e. The van der Waals surface area contributed by atoms with Gasteiger partial charge in [-0.2, -0.15) is 0 Å². The summed E-state index contributed by atoms with van der Waals surface area (Å²) in [6.07, 6.45) is 5.82. The number of aromatic nitrogens is 3. The predicted molar refractivity (Wildman–Crippen MR) is 119 cm³/mol. The number of fused-ring (bicyclic) bond motifs is 1. The average molecular weight is 400 g/mol. The van der Waals surface area contributed by atoms with E-state index in [0.29, 0.717) is 0 Å². The number of hydrogen-bond donors (Lipinski definition) is 2. The van der Waals surface area contributed by atoms with Gasteiger partial charge in [-0.15, -0.1) is 0 Å². The third-order valence-corrected chi connectivity index (χ3v) is 5.36. The van der Waals surface area contributed by atoms with E-state index in [9.17, 15) is 0 Å². The molecule has 5 rings (SSSR count). The number of aryl methyl sites for hydroxylation is 1. The molecule has 2 aromatic heterocycles. The van der Waals surface area contributed by atoms with Gasteiger partial charge >= 0.3 is 0 Å². The maximum absolute atomic E-state index is 5.45. The molecule has 2 N–H and O–H groups in total. The van der Waals surface area contributed by atoms with E-state index in [2.05, 4.69) is 61.9 Å². The van der Waals surface area contributed by atoms with E-state index in [1.807, 2.05) is 19.2 Å². The second kappa shape index (κ2) is 8.12. The molecule has 0 unspecified atom stereocenters. The molecule has 152 valence electrons. The molecule has 0 saturated carbocycles. The summed E-state index contributed by atoms with van der Waals surface area (Å²) in [5.74, 6) is 1.58. The molecule has 2 aliphatic rings. The highest BCUT2D eigenvalue weighted by Crippen LogP contribution is 2.30. The molecule has 4 heterocycles. The van der Waals surface area contributed by atoms with Gasteiger partial charge in [0.05, 0.1) is 24.6 Å². The van der Waals surface area contributed by atoms with Gasteiger partial charge in [0, 0.05) is 42.8 Å². The lowest BCUT2D eigenvalue weighted by atomic mass is 10.0. The number of nitrogens with one attached hydrogen (secondary N) is 2. The second-order valence-electron chi connectivity index (χ2n) is 7.40. The lowest BCUT2D eigenvalue weighted by Crippen LogP contribution is -2.36. The van der Waals surface area contributed by atoms with Crippen LogP contribution in [0.3, 0.4) is 0 Å². The molecule has 2 aliphatic heterocycles. The zero-order chi connectivity index (χ0) is 20.3. The third kappa shape index (κ3) is 3.84. The summed E-state index contributed by atoms with van der Waals surface area (Å²) in [4.78, 5) is 16.0. The van der Waals surface area contributed by atoms with Gasteiger partial charge < -0.3 is 20.3 Å². The summed E-state index contributed by atoms with van der Waals surface area (Å²) in [6, 6.07) is 12.5. The smallest absolute Gasteiger partial charge is 0.136 e. The van der Waals surface area contributed by atoms with Gasteiger partial charge in [-0.25, -0.2) is 15.0 Å². The van der Waals surface area contributed by atoms with Crippen LogP contribution in [0.2, 0.25) is 0 Å². The largest absolute Gasteiger partial charge is 0.387 e. The van der Waals surface area contributed by atoms with Crippen molar-refractivity contribution in [2.24, 2.45) is 0 Å². The van der Waals surface area contributed by atoms with Gasteiger partial charge in [0.1, 0.15) is 11.6 Å². The summed E-state index contributed by atoms with van der Waals surface area (Å²) < 4.78 is 5.45. The zero-order valence-corrected chi connectivity index (χ0v) is 16.9. The second-order valence-corrected chi connectivity index (χ2v) is 7.40. The number of pyridine rings is 1. The maximum Gasteiger partial charge on any atom is 0.136 e. The van der Waals surface area contributed by atoms with Crippen molar-refractivity contribution in [1.29, 1.82) is 0 Å². The number of benzene rings is 1. The summed E-state index contributed by atoms with van der Waals surface area (Å²) in [7, 11) is 0. The van der Waals surface area contributed by atoms with Crippen LogP contribution >= 0.6 is 0 Å². The summed E-state index contributed by atoms with van der Waals surface area (Å²) in [5, 5.41) is 6.80. The van der Waals surface area contributed by atoms with Crippen molar-refractivity contribution in [2.45, 2.75) is 13.5 Å². The first-order valence-electron chi connectivity index (χ1n) is 10.2. The van der Waals surface area contributed by atoms with Gasteiger partial charge in [0.15, 0.2) is 0 Å². The molecule has 0 amide bonds. The van der Waals surface area contributed by atoms with Crippen LogP contribution in [0.4, 0.5) is 17.2 Å². The number of nitrogens with zero attached hydrogens (tertiary/aromatic N) is 4. The third-order valence-electron chi connectivity index (χ3n) is 5.36. The van der Waals surface area contributed by atoms with Gasteiger partial charge in [0.2, 0.25) is 0 Å².